The molecule has 0 saturated carbocycles. The predicted molar refractivity (Wildman–Crippen MR) is 283 cm³/mol. The van der Waals surface area contributed by atoms with E-state index in [1.165, 1.54) is 14.2 Å². The molecule has 0 heterocycles. The molecule has 5 rings (SSSR count). The van der Waals surface area contributed by atoms with Crippen molar-refractivity contribution >= 4 is 35.8 Å². The van der Waals surface area contributed by atoms with Crippen LogP contribution in [0.2, 0.25) is 0 Å². The highest BCUT2D eigenvalue weighted by Gasteiger charge is 2.24. The molecule has 1 aliphatic carbocycles. The summed E-state index contributed by atoms with van der Waals surface area (Å²) >= 11 is 0. The summed E-state index contributed by atoms with van der Waals surface area (Å²) in [4.78, 5) is 71.9. The van der Waals surface area contributed by atoms with Gasteiger partial charge in [-0.2, -0.15) is 0 Å². The lowest BCUT2D eigenvalue weighted by Gasteiger charge is -2.23. The van der Waals surface area contributed by atoms with E-state index >= 15 is 0 Å². The minimum Gasteiger partial charge on any atom is -0.496 e. The van der Waals surface area contributed by atoms with Crippen molar-refractivity contribution in [1.29, 1.82) is 0 Å². The van der Waals surface area contributed by atoms with Crippen molar-refractivity contribution in [2.75, 3.05) is 69.1 Å². The van der Waals surface area contributed by atoms with Crippen LogP contribution in [0.25, 0.3) is 0 Å². The third kappa shape index (κ3) is 17.5. The van der Waals surface area contributed by atoms with Gasteiger partial charge in [0.15, 0.2) is 0 Å². The molecule has 0 fully saturated rings. The number of esters is 6. The molecule has 0 saturated heterocycles. The van der Waals surface area contributed by atoms with Crippen molar-refractivity contribution in [3.05, 3.63) is 165 Å². The van der Waals surface area contributed by atoms with E-state index in [0.717, 1.165) is 103 Å². The number of carbonyl (C=O) groups is 6. The number of rotatable bonds is 26. The largest absolute Gasteiger partial charge is 0.496 e. The summed E-state index contributed by atoms with van der Waals surface area (Å²) in [5.74, 6) is -0.966. The maximum atomic E-state index is 12.4. The van der Waals surface area contributed by atoms with Crippen LogP contribution in [-0.4, -0.2) is 105 Å². The fourth-order valence-corrected chi connectivity index (χ4v) is 9.22. The molecule has 0 spiro atoms. The SMILES string of the molecule is C=CC(=O)OCCCc1cc2c(OC)c(c1)Cc1cc(CCCOC(=O)/C=C\C(=O)OC)cc(c1OC)Cc1cc(CCCOC(=O)/C=C\C(=O)OC)cc(c1OC)Cc1cc(CCCOC(=O)C=C)cc(c1OC)C2. The second kappa shape index (κ2) is 30.3. The van der Waals surface area contributed by atoms with Crippen LogP contribution in [0.3, 0.4) is 0 Å². The van der Waals surface area contributed by atoms with Gasteiger partial charge in [0, 0.05) is 62.1 Å². The number of fused-ring (bicyclic) bond motifs is 8. The molecule has 0 unspecified atom stereocenters. The first-order valence-corrected chi connectivity index (χ1v) is 24.9. The molecule has 0 aromatic heterocycles. The molecule has 1 aliphatic rings. The number of benzene rings is 4. The molecule has 8 bridgehead atoms. The van der Waals surface area contributed by atoms with Crippen LogP contribution in [0.4, 0.5) is 0 Å². The van der Waals surface area contributed by atoms with E-state index < -0.39 is 35.8 Å². The molecule has 4 aromatic carbocycles. The monoisotopic (exact) mass is 1040 g/mol. The summed E-state index contributed by atoms with van der Waals surface area (Å²) in [5, 5.41) is 0. The normalized spacial score (nSPS) is 11.8. The highest BCUT2D eigenvalue weighted by molar-refractivity contribution is 5.92. The number of aryl methyl sites for hydroxylation is 4. The van der Waals surface area contributed by atoms with Gasteiger partial charge >= 0.3 is 35.8 Å². The zero-order valence-corrected chi connectivity index (χ0v) is 44.3. The minimum absolute atomic E-state index is 0.0899. The number of methoxy groups -OCH3 is 6. The van der Waals surface area contributed by atoms with Gasteiger partial charge in [-0.15, -0.1) is 0 Å². The Bertz CT molecular complexity index is 2610. The number of ether oxygens (including phenoxy) is 10. The maximum Gasteiger partial charge on any atom is 0.331 e. The second-order valence-corrected chi connectivity index (χ2v) is 17.7. The molecule has 0 radical (unpaired) electrons. The lowest BCUT2D eigenvalue weighted by atomic mass is 9.87. The third-order valence-corrected chi connectivity index (χ3v) is 12.4. The van der Waals surface area contributed by atoms with Gasteiger partial charge < -0.3 is 47.4 Å². The van der Waals surface area contributed by atoms with E-state index in [9.17, 15) is 28.8 Å². The van der Waals surface area contributed by atoms with Gasteiger partial charge in [-0.1, -0.05) is 61.7 Å². The van der Waals surface area contributed by atoms with E-state index in [2.05, 4.69) is 71.2 Å². The Hall–Kier alpha value is -8.14. The number of carbonyl (C=O) groups excluding carboxylic acids is 6. The molecule has 0 amide bonds. The number of hydrogen-bond acceptors (Lipinski definition) is 16. The molecule has 16 nitrogen and oxygen atoms in total. The molecular formula is C60H68O16. The molecule has 0 atom stereocenters. The fourth-order valence-electron chi connectivity index (χ4n) is 9.22. The van der Waals surface area contributed by atoms with E-state index in [1.807, 2.05) is 0 Å². The van der Waals surface area contributed by atoms with Crippen LogP contribution in [0.5, 0.6) is 23.0 Å². The second-order valence-electron chi connectivity index (χ2n) is 17.7. The zero-order chi connectivity index (χ0) is 55.0. The van der Waals surface area contributed by atoms with Crippen molar-refractivity contribution in [3.8, 4) is 23.0 Å². The Labute approximate surface area is 444 Å². The van der Waals surface area contributed by atoms with Crippen LogP contribution in [-0.2, 0) is 109 Å². The Morgan fingerprint density at radius 3 is 0.763 bits per heavy atom. The van der Waals surface area contributed by atoms with Crippen LogP contribution < -0.4 is 18.9 Å². The van der Waals surface area contributed by atoms with Crippen LogP contribution in [0.15, 0.2) is 98.1 Å². The van der Waals surface area contributed by atoms with E-state index in [-0.39, 0.29) is 26.4 Å². The van der Waals surface area contributed by atoms with Gasteiger partial charge in [-0.25, -0.2) is 28.8 Å². The smallest absolute Gasteiger partial charge is 0.331 e. The Balaban J connectivity index is 1.70. The molecular weight excluding hydrogens is 977 g/mol. The number of hydrogen-bond donors (Lipinski definition) is 0. The lowest BCUT2D eigenvalue weighted by molar-refractivity contribution is -0.139. The first-order valence-electron chi connectivity index (χ1n) is 24.9. The van der Waals surface area contributed by atoms with E-state index in [0.29, 0.717) is 100 Å². The summed E-state index contributed by atoms with van der Waals surface area (Å²) in [6.07, 6.45) is 12.2. The molecule has 0 aliphatic heterocycles. The zero-order valence-electron chi connectivity index (χ0n) is 44.3. The standard InChI is InChI=1S/C60H68O16/c1-9-51(61)73-23-11-15-39-27-43-35-44-28-40(16-12-24-74-52(62)10-2)30-46(58(44)70-6)37-48-32-42(18-14-26-76-56(66)22-20-54(64)68-4)34-50(60(48)72-8)38-49-33-41(17-13-25-75-55(65)21-19-53(63)67-3)31-47(59(49)71-7)36-45(29-39)57(43)69-5/h9-10,19-22,27-34H,1-2,11-18,23-26,35-38H2,3-8H3/b21-19-,22-20-. The van der Waals surface area contributed by atoms with Crippen molar-refractivity contribution in [2.24, 2.45) is 0 Å². The molecule has 16 heteroatoms. The molecule has 76 heavy (non-hydrogen) atoms. The van der Waals surface area contributed by atoms with Gasteiger partial charge in [-0.3, -0.25) is 0 Å². The molecule has 404 valence electrons. The predicted octanol–water partition coefficient (Wildman–Crippen LogP) is 8.13. The van der Waals surface area contributed by atoms with Crippen LogP contribution >= 0.6 is 0 Å². The van der Waals surface area contributed by atoms with Crippen LogP contribution in [0, 0.1) is 0 Å². The Morgan fingerprint density at radius 2 is 0.566 bits per heavy atom. The van der Waals surface area contributed by atoms with Gasteiger partial charge in [0.05, 0.1) is 69.1 Å². The van der Waals surface area contributed by atoms with Crippen molar-refractivity contribution in [2.45, 2.75) is 77.0 Å². The summed E-state index contributed by atoms with van der Waals surface area (Å²) in [6, 6.07) is 16.8. The Kier molecular flexibility index (Phi) is 23.4. The first kappa shape index (κ1) is 58.7. The average molecular weight is 1050 g/mol. The summed E-state index contributed by atoms with van der Waals surface area (Å²) in [5.41, 5.74) is 11.0. The minimum atomic E-state index is -0.669. The van der Waals surface area contributed by atoms with Gasteiger partial charge in [-0.05, 0) is 118 Å². The molecule has 4 aromatic rings. The third-order valence-electron chi connectivity index (χ3n) is 12.4. The Morgan fingerprint density at radius 1 is 0.355 bits per heavy atom. The average Bonchev–Trinajstić information content (AvgIpc) is 3.42. The summed E-state index contributed by atoms with van der Waals surface area (Å²) in [7, 11) is 9.04. The first-order chi connectivity index (χ1) is 36.8. The van der Waals surface area contributed by atoms with Gasteiger partial charge in [0.25, 0.3) is 0 Å². The topological polar surface area (TPSA) is 195 Å². The quantitative estimate of drug-likeness (QED) is 0.0223. The fraction of sp³-hybridized carbons (Fsp3) is 0.367. The summed E-state index contributed by atoms with van der Waals surface area (Å²) in [6.45, 7) is 7.62. The van der Waals surface area contributed by atoms with Crippen molar-refractivity contribution in [1.82, 2.24) is 0 Å². The highest BCUT2D eigenvalue weighted by atomic mass is 16.6. The van der Waals surface area contributed by atoms with Crippen LogP contribution in [0.1, 0.15) is 92.4 Å². The lowest BCUT2D eigenvalue weighted by Crippen LogP contribution is -2.10. The molecule has 0 N–H and O–H groups in total. The highest BCUT2D eigenvalue weighted by Crippen LogP contribution is 2.41. The van der Waals surface area contributed by atoms with E-state index in [4.69, 9.17) is 37.9 Å². The van der Waals surface area contributed by atoms with E-state index in [1.54, 1.807) is 28.4 Å². The van der Waals surface area contributed by atoms with Gasteiger partial charge in [0.2, 0.25) is 0 Å². The van der Waals surface area contributed by atoms with Crippen molar-refractivity contribution in [3.63, 3.8) is 0 Å². The van der Waals surface area contributed by atoms with Gasteiger partial charge in [0.1, 0.15) is 23.0 Å². The van der Waals surface area contributed by atoms with Crippen molar-refractivity contribution < 1.29 is 76.1 Å². The summed E-state index contributed by atoms with van der Waals surface area (Å²) < 4.78 is 56.1. The maximum absolute atomic E-state index is 12.4.